The van der Waals surface area contributed by atoms with Crippen molar-refractivity contribution in [1.82, 2.24) is 0 Å². The zero-order chi connectivity index (χ0) is 12.5. The molecule has 0 aliphatic rings. The maximum atomic E-state index is 11.8. The van der Waals surface area contributed by atoms with E-state index in [0.717, 1.165) is 18.2 Å². The molecule has 0 spiro atoms. The highest BCUT2D eigenvalue weighted by atomic mass is 79.9. The second-order valence-corrected chi connectivity index (χ2v) is 4.97. The molecule has 94 valence electrons. The zero-order valence-corrected chi connectivity index (χ0v) is 11.6. The van der Waals surface area contributed by atoms with Crippen molar-refractivity contribution in [2.24, 2.45) is 0 Å². The van der Waals surface area contributed by atoms with E-state index in [9.17, 15) is 4.79 Å². The number of hydrogen-bond acceptors (Lipinski definition) is 2. The van der Waals surface area contributed by atoms with Gasteiger partial charge in [0.25, 0.3) is 0 Å². The van der Waals surface area contributed by atoms with Crippen LogP contribution in [0.15, 0.2) is 24.3 Å². The van der Waals surface area contributed by atoms with Crippen LogP contribution in [0.5, 0.6) is 5.75 Å². The van der Waals surface area contributed by atoms with E-state index < -0.39 is 0 Å². The second kappa shape index (κ2) is 8.29. The Morgan fingerprint density at radius 3 is 2.24 bits per heavy atom. The molecule has 0 aliphatic heterocycles. The van der Waals surface area contributed by atoms with Crippen molar-refractivity contribution in [2.45, 2.75) is 38.5 Å². The van der Waals surface area contributed by atoms with Crippen LogP contribution < -0.4 is 0 Å². The summed E-state index contributed by atoms with van der Waals surface area (Å²) in [4.78, 5) is 11.8. The number of ketones is 1. The first kappa shape index (κ1) is 14.2. The number of aromatic hydroxyl groups is 1. The van der Waals surface area contributed by atoms with Gasteiger partial charge in [-0.15, -0.1) is 0 Å². The fourth-order valence-electron chi connectivity index (χ4n) is 1.70. The molecule has 17 heavy (non-hydrogen) atoms. The SMILES string of the molecule is O=C(CCCCCCCBr)c1ccc(O)cc1. The number of unbranched alkanes of at least 4 members (excludes halogenated alkanes) is 4. The van der Waals surface area contributed by atoms with Crippen molar-refractivity contribution in [3.8, 4) is 5.75 Å². The number of hydrogen-bond donors (Lipinski definition) is 1. The quantitative estimate of drug-likeness (QED) is 0.441. The highest BCUT2D eigenvalue weighted by Crippen LogP contribution is 2.13. The van der Waals surface area contributed by atoms with Crippen LogP contribution in [0.3, 0.4) is 0 Å². The van der Waals surface area contributed by atoms with Crippen molar-refractivity contribution in [3.63, 3.8) is 0 Å². The minimum absolute atomic E-state index is 0.172. The molecule has 2 nitrogen and oxygen atoms in total. The summed E-state index contributed by atoms with van der Waals surface area (Å²) in [5.41, 5.74) is 0.697. The van der Waals surface area contributed by atoms with Crippen LogP contribution in [0.2, 0.25) is 0 Å². The molecule has 0 atom stereocenters. The van der Waals surface area contributed by atoms with E-state index in [1.807, 2.05) is 0 Å². The molecular weight excluding hydrogens is 280 g/mol. The molecule has 0 unspecified atom stereocenters. The Kier molecular flexibility index (Phi) is 6.94. The van der Waals surface area contributed by atoms with Gasteiger partial charge in [-0.1, -0.05) is 35.2 Å². The first-order chi connectivity index (χ1) is 8.24. The van der Waals surface area contributed by atoms with Crippen LogP contribution in [-0.2, 0) is 0 Å². The van der Waals surface area contributed by atoms with E-state index in [4.69, 9.17) is 5.11 Å². The number of carbonyl (C=O) groups excluding carboxylic acids is 1. The van der Waals surface area contributed by atoms with E-state index in [-0.39, 0.29) is 11.5 Å². The van der Waals surface area contributed by atoms with Gasteiger partial charge in [0.05, 0.1) is 0 Å². The molecule has 1 aromatic carbocycles. The number of halogens is 1. The molecule has 0 aliphatic carbocycles. The predicted molar refractivity (Wildman–Crippen MR) is 73.9 cm³/mol. The lowest BCUT2D eigenvalue weighted by Crippen LogP contribution is -1.98. The highest BCUT2D eigenvalue weighted by Gasteiger charge is 2.04. The number of phenolic OH excluding ortho intramolecular Hbond substituents is 1. The van der Waals surface area contributed by atoms with Crippen LogP contribution in [0.4, 0.5) is 0 Å². The van der Waals surface area contributed by atoms with E-state index in [1.165, 1.54) is 19.3 Å². The maximum Gasteiger partial charge on any atom is 0.162 e. The molecule has 0 saturated carbocycles. The van der Waals surface area contributed by atoms with Crippen LogP contribution in [0.25, 0.3) is 0 Å². The summed E-state index contributed by atoms with van der Waals surface area (Å²) in [5, 5.41) is 10.2. The van der Waals surface area contributed by atoms with Crippen LogP contribution >= 0.6 is 15.9 Å². The lowest BCUT2D eigenvalue weighted by Gasteiger charge is -2.02. The Balaban J connectivity index is 2.19. The van der Waals surface area contributed by atoms with Gasteiger partial charge in [-0.2, -0.15) is 0 Å². The minimum atomic E-state index is 0.172. The Labute approximate surface area is 111 Å². The third-order valence-corrected chi connectivity index (χ3v) is 3.29. The van der Waals surface area contributed by atoms with Gasteiger partial charge < -0.3 is 5.11 Å². The van der Waals surface area contributed by atoms with Gasteiger partial charge in [-0.05, 0) is 37.1 Å². The Bertz CT molecular complexity index is 333. The standard InChI is InChI=1S/C14H19BrO2/c15-11-5-3-1-2-4-6-14(17)12-7-9-13(16)10-8-12/h7-10,16H,1-6,11H2. The van der Waals surface area contributed by atoms with Crippen molar-refractivity contribution in [3.05, 3.63) is 29.8 Å². The molecule has 0 saturated heterocycles. The molecule has 0 amide bonds. The van der Waals surface area contributed by atoms with Crippen molar-refractivity contribution >= 4 is 21.7 Å². The van der Waals surface area contributed by atoms with E-state index in [2.05, 4.69) is 15.9 Å². The molecule has 0 bridgehead atoms. The number of rotatable bonds is 8. The summed E-state index contributed by atoms with van der Waals surface area (Å²) in [6, 6.07) is 6.48. The second-order valence-electron chi connectivity index (χ2n) is 4.18. The fraction of sp³-hybridized carbons (Fsp3) is 0.500. The van der Waals surface area contributed by atoms with Crippen molar-refractivity contribution < 1.29 is 9.90 Å². The lowest BCUT2D eigenvalue weighted by atomic mass is 10.0. The molecule has 0 radical (unpaired) electrons. The third-order valence-electron chi connectivity index (χ3n) is 2.73. The number of benzene rings is 1. The van der Waals surface area contributed by atoms with Crippen LogP contribution in [0, 0.1) is 0 Å². The topological polar surface area (TPSA) is 37.3 Å². The summed E-state index contributed by atoms with van der Waals surface area (Å²) in [6.07, 6.45) is 6.34. The largest absolute Gasteiger partial charge is 0.508 e. The number of alkyl halides is 1. The predicted octanol–water partition coefficient (Wildman–Crippen LogP) is 4.31. The van der Waals surface area contributed by atoms with Crippen LogP contribution in [-0.4, -0.2) is 16.2 Å². The van der Waals surface area contributed by atoms with E-state index in [0.29, 0.717) is 12.0 Å². The van der Waals surface area contributed by atoms with Gasteiger partial charge in [0.2, 0.25) is 0 Å². The smallest absolute Gasteiger partial charge is 0.162 e. The van der Waals surface area contributed by atoms with Gasteiger partial charge in [0.1, 0.15) is 5.75 Å². The summed E-state index contributed by atoms with van der Waals surface area (Å²) in [6.45, 7) is 0. The van der Waals surface area contributed by atoms with Crippen molar-refractivity contribution in [2.75, 3.05) is 5.33 Å². The monoisotopic (exact) mass is 298 g/mol. The first-order valence-corrected chi connectivity index (χ1v) is 7.24. The molecule has 0 heterocycles. The van der Waals surface area contributed by atoms with Crippen molar-refractivity contribution in [1.29, 1.82) is 0 Å². The first-order valence-electron chi connectivity index (χ1n) is 6.12. The van der Waals surface area contributed by atoms with E-state index >= 15 is 0 Å². The average molecular weight is 299 g/mol. The number of phenols is 1. The zero-order valence-electron chi connectivity index (χ0n) is 9.99. The van der Waals surface area contributed by atoms with Gasteiger partial charge in [-0.3, -0.25) is 4.79 Å². The minimum Gasteiger partial charge on any atom is -0.508 e. The third kappa shape index (κ3) is 5.87. The average Bonchev–Trinajstić information content (AvgIpc) is 2.34. The molecule has 3 heteroatoms. The molecular formula is C14H19BrO2. The van der Waals surface area contributed by atoms with Gasteiger partial charge in [0, 0.05) is 17.3 Å². The molecule has 1 aromatic rings. The normalized spacial score (nSPS) is 10.4. The molecule has 0 fully saturated rings. The van der Waals surface area contributed by atoms with Gasteiger partial charge in [-0.25, -0.2) is 0 Å². The Morgan fingerprint density at radius 2 is 1.59 bits per heavy atom. The molecule has 0 aromatic heterocycles. The van der Waals surface area contributed by atoms with Gasteiger partial charge >= 0.3 is 0 Å². The number of Topliss-reactive ketones (excluding diaryl/α,β-unsaturated/α-hetero) is 1. The Hall–Kier alpha value is -0.830. The molecule has 1 N–H and O–H groups in total. The maximum absolute atomic E-state index is 11.8. The van der Waals surface area contributed by atoms with Crippen LogP contribution in [0.1, 0.15) is 48.9 Å². The lowest BCUT2D eigenvalue weighted by molar-refractivity contribution is 0.0979. The molecule has 1 rings (SSSR count). The Morgan fingerprint density at radius 1 is 1.00 bits per heavy atom. The summed E-state index contributed by atoms with van der Waals surface area (Å²) in [7, 11) is 0. The van der Waals surface area contributed by atoms with Gasteiger partial charge in [0.15, 0.2) is 5.78 Å². The highest BCUT2D eigenvalue weighted by molar-refractivity contribution is 9.09. The van der Waals surface area contributed by atoms with E-state index in [1.54, 1.807) is 24.3 Å². The fourth-order valence-corrected chi connectivity index (χ4v) is 2.10. The summed E-state index contributed by atoms with van der Waals surface area (Å²) < 4.78 is 0. The summed E-state index contributed by atoms with van der Waals surface area (Å²) in [5.74, 6) is 0.377. The number of carbonyl (C=O) groups is 1. The summed E-state index contributed by atoms with van der Waals surface area (Å²) >= 11 is 3.40.